The molecule has 0 aliphatic rings. The third-order valence-corrected chi connectivity index (χ3v) is 6.84. The Morgan fingerprint density at radius 1 is 1.13 bits per heavy atom. The van der Waals surface area contributed by atoms with Crippen molar-refractivity contribution in [3.63, 3.8) is 0 Å². The summed E-state index contributed by atoms with van der Waals surface area (Å²) in [6.45, 7) is 6.80. The first-order valence-electron chi connectivity index (χ1n) is 9.47. The molecule has 1 N–H and O–H groups in total. The zero-order valence-electron chi connectivity index (χ0n) is 16.9. The first-order chi connectivity index (χ1) is 14.4. The summed E-state index contributed by atoms with van der Waals surface area (Å²) in [5.74, 6) is -0.106. The number of carbonyl (C=O) groups excluding carboxylic acids is 1. The minimum absolute atomic E-state index is 0.106. The van der Waals surface area contributed by atoms with Crippen LogP contribution < -0.4 is 5.32 Å². The fourth-order valence-electron chi connectivity index (χ4n) is 3.37. The fraction of sp³-hybridized carbons (Fsp3) is 0.227. The Morgan fingerprint density at radius 2 is 1.93 bits per heavy atom. The lowest BCUT2D eigenvalue weighted by Gasteiger charge is -2.11. The molecular weight excluding hydrogens is 436 g/mol. The van der Waals surface area contributed by atoms with Gasteiger partial charge in [-0.3, -0.25) is 4.79 Å². The second-order valence-corrected chi connectivity index (χ2v) is 9.41. The minimum Gasteiger partial charge on any atom is -0.344 e. The van der Waals surface area contributed by atoms with E-state index in [0.29, 0.717) is 11.7 Å². The Morgan fingerprint density at radius 3 is 2.67 bits per heavy atom. The summed E-state index contributed by atoms with van der Waals surface area (Å²) in [7, 11) is 0. The lowest BCUT2D eigenvalue weighted by molar-refractivity contribution is -0.115. The number of hydrogen-bond donors (Lipinski definition) is 1. The van der Waals surface area contributed by atoms with Crippen molar-refractivity contribution in [1.29, 1.82) is 0 Å². The molecule has 4 aromatic rings. The van der Waals surface area contributed by atoms with Crippen LogP contribution in [-0.4, -0.2) is 20.4 Å². The summed E-state index contributed by atoms with van der Waals surface area (Å²) in [4.78, 5) is 21.3. The van der Waals surface area contributed by atoms with Crippen molar-refractivity contribution in [2.75, 3.05) is 5.32 Å². The highest BCUT2D eigenvalue weighted by atomic mass is 35.5. The average molecular weight is 457 g/mol. The molecule has 0 saturated carbocycles. The molecule has 0 atom stereocenters. The van der Waals surface area contributed by atoms with Gasteiger partial charge < -0.3 is 9.88 Å². The Labute approximate surface area is 188 Å². The summed E-state index contributed by atoms with van der Waals surface area (Å²) >= 11 is 9.32. The van der Waals surface area contributed by atoms with E-state index in [2.05, 4.69) is 39.8 Å². The molecule has 0 aliphatic heterocycles. The molecule has 4 rings (SSSR count). The normalized spacial score (nSPS) is 11.1. The van der Waals surface area contributed by atoms with Crippen LogP contribution in [0.2, 0.25) is 5.02 Å². The number of halogens is 1. The fourth-order valence-corrected chi connectivity index (χ4v) is 4.91. The van der Waals surface area contributed by atoms with Gasteiger partial charge in [-0.2, -0.15) is 0 Å². The number of aromatic nitrogens is 3. The zero-order valence-corrected chi connectivity index (χ0v) is 19.3. The van der Waals surface area contributed by atoms with Gasteiger partial charge in [0.05, 0.1) is 22.8 Å². The molecular formula is C22H21ClN4OS2. The number of hydrogen-bond acceptors (Lipinski definition) is 5. The molecule has 0 aliphatic carbocycles. The third kappa shape index (κ3) is 4.48. The van der Waals surface area contributed by atoms with Gasteiger partial charge in [-0.15, -0.1) is 22.7 Å². The van der Waals surface area contributed by atoms with Crippen LogP contribution in [0.25, 0.3) is 11.3 Å². The summed E-state index contributed by atoms with van der Waals surface area (Å²) in [6.07, 6.45) is 0.256. The van der Waals surface area contributed by atoms with E-state index in [9.17, 15) is 4.79 Å². The predicted molar refractivity (Wildman–Crippen MR) is 125 cm³/mol. The SMILES string of the molecule is Cc1nc(CC(=O)Nc2nc(-c3cc(C)n(Cc4ccccc4Cl)c3C)cs2)cs1. The van der Waals surface area contributed by atoms with E-state index in [0.717, 1.165) is 43.9 Å². The number of nitrogens with one attached hydrogen (secondary N) is 1. The van der Waals surface area contributed by atoms with Crippen LogP contribution in [0.5, 0.6) is 0 Å². The smallest absolute Gasteiger partial charge is 0.232 e. The maximum atomic E-state index is 12.3. The summed E-state index contributed by atoms with van der Waals surface area (Å²) in [6, 6.07) is 10.0. The maximum Gasteiger partial charge on any atom is 0.232 e. The van der Waals surface area contributed by atoms with Crippen molar-refractivity contribution in [2.24, 2.45) is 0 Å². The quantitative estimate of drug-likeness (QED) is 0.394. The molecule has 0 bridgehead atoms. The van der Waals surface area contributed by atoms with Crippen molar-refractivity contribution in [1.82, 2.24) is 14.5 Å². The van der Waals surface area contributed by atoms with Crippen molar-refractivity contribution in [2.45, 2.75) is 33.7 Å². The first-order valence-corrected chi connectivity index (χ1v) is 11.6. The molecule has 0 spiro atoms. The number of nitrogens with zero attached hydrogens (tertiary/aromatic N) is 3. The molecule has 0 radical (unpaired) electrons. The monoisotopic (exact) mass is 456 g/mol. The molecule has 0 unspecified atom stereocenters. The van der Waals surface area contributed by atoms with Gasteiger partial charge in [0.25, 0.3) is 0 Å². The average Bonchev–Trinajstić information content (AvgIpc) is 3.39. The van der Waals surface area contributed by atoms with E-state index < -0.39 is 0 Å². The number of benzene rings is 1. The number of rotatable bonds is 6. The molecule has 1 amide bonds. The van der Waals surface area contributed by atoms with Gasteiger partial charge in [-0.05, 0) is 38.5 Å². The Hall–Kier alpha value is -2.48. The summed E-state index contributed by atoms with van der Waals surface area (Å²) in [5.41, 5.74) is 6.05. The van der Waals surface area contributed by atoms with E-state index in [1.165, 1.54) is 11.3 Å². The van der Waals surface area contributed by atoms with Crippen LogP contribution in [0.1, 0.15) is 27.7 Å². The van der Waals surface area contributed by atoms with E-state index in [4.69, 9.17) is 11.6 Å². The predicted octanol–water partition coefficient (Wildman–Crippen LogP) is 5.88. The van der Waals surface area contributed by atoms with Crippen LogP contribution in [0, 0.1) is 20.8 Å². The van der Waals surface area contributed by atoms with Gasteiger partial charge >= 0.3 is 0 Å². The molecule has 154 valence electrons. The Balaban J connectivity index is 1.50. The molecule has 8 heteroatoms. The second kappa shape index (κ2) is 8.71. The van der Waals surface area contributed by atoms with Gasteiger partial charge in [-0.1, -0.05) is 29.8 Å². The minimum atomic E-state index is -0.106. The van der Waals surface area contributed by atoms with Crippen molar-refractivity contribution < 1.29 is 4.79 Å². The van der Waals surface area contributed by atoms with Gasteiger partial charge in [0.1, 0.15) is 0 Å². The Bertz CT molecular complexity index is 1210. The van der Waals surface area contributed by atoms with Crippen LogP contribution in [0.4, 0.5) is 5.13 Å². The molecule has 5 nitrogen and oxygen atoms in total. The first kappa shape index (κ1) is 20.8. The molecule has 3 aromatic heterocycles. The zero-order chi connectivity index (χ0) is 21.3. The highest BCUT2D eigenvalue weighted by Gasteiger charge is 2.16. The van der Waals surface area contributed by atoms with Crippen LogP contribution in [0.15, 0.2) is 41.1 Å². The van der Waals surface area contributed by atoms with Crippen molar-refractivity contribution in [3.8, 4) is 11.3 Å². The van der Waals surface area contributed by atoms with Crippen molar-refractivity contribution in [3.05, 3.63) is 73.8 Å². The number of anilines is 1. The van der Waals surface area contributed by atoms with E-state index >= 15 is 0 Å². The molecule has 1 aromatic carbocycles. The van der Waals surface area contributed by atoms with Crippen LogP contribution in [-0.2, 0) is 17.8 Å². The third-order valence-electron chi connectivity index (χ3n) is 4.89. The highest BCUT2D eigenvalue weighted by molar-refractivity contribution is 7.14. The largest absolute Gasteiger partial charge is 0.344 e. The van der Waals surface area contributed by atoms with E-state index in [1.807, 2.05) is 41.9 Å². The van der Waals surface area contributed by atoms with Gasteiger partial charge in [-0.25, -0.2) is 9.97 Å². The lowest BCUT2D eigenvalue weighted by Crippen LogP contribution is -2.14. The number of thiazole rings is 2. The van der Waals surface area contributed by atoms with Gasteiger partial charge in [0, 0.05) is 39.3 Å². The molecule has 0 fully saturated rings. The number of aryl methyl sites for hydroxylation is 2. The topological polar surface area (TPSA) is 59.8 Å². The van der Waals surface area contributed by atoms with Crippen LogP contribution >= 0.6 is 34.3 Å². The molecule has 3 heterocycles. The summed E-state index contributed by atoms with van der Waals surface area (Å²) < 4.78 is 2.23. The number of amides is 1. The number of carbonyl (C=O) groups is 1. The standard InChI is InChI=1S/C22H21ClN4OS2/c1-13-8-18(14(2)27(13)10-16-6-4-5-7-19(16)23)20-12-30-22(25-20)26-21(28)9-17-11-29-15(3)24-17/h4-8,11-12H,9-10H2,1-3H3,(H,25,26,28). The molecule has 30 heavy (non-hydrogen) atoms. The van der Waals surface area contributed by atoms with E-state index in [-0.39, 0.29) is 12.3 Å². The van der Waals surface area contributed by atoms with E-state index in [1.54, 1.807) is 11.3 Å². The summed E-state index contributed by atoms with van der Waals surface area (Å²) in [5, 5.41) is 9.10. The lowest BCUT2D eigenvalue weighted by atomic mass is 10.2. The Kier molecular flexibility index (Phi) is 6.04. The molecule has 0 saturated heterocycles. The van der Waals surface area contributed by atoms with Crippen LogP contribution in [0.3, 0.4) is 0 Å². The second-order valence-electron chi connectivity index (χ2n) is 7.08. The maximum absolute atomic E-state index is 12.3. The highest BCUT2D eigenvalue weighted by Crippen LogP contribution is 2.31. The van der Waals surface area contributed by atoms with Gasteiger partial charge in [0.15, 0.2) is 5.13 Å². The van der Waals surface area contributed by atoms with Gasteiger partial charge in [0.2, 0.25) is 5.91 Å². The van der Waals surface area contributed by atoms with Crippen molar-refractivity contribution >= 4 is 45.3 Å².